The van der Waals surface area contributed by atoms with Gasteiger partial charge in [0, 0.05) is 5.56 Å². The average molecular weight is 403 g/mol. The summed E-state index contributed by atoms with van der Waals surface area (Å²) >= 11 is 0. The highest BCUT2D eigenvalue weighted by atomic mass is 28.4. The van der Waals surface area contributed by atoms with E-state index in [1.54, 1.807) is 18.2 Å². The van der Waals surface area contributed by atoms with E-state index in [-0.39, 0.29) is 10.8 Å². The van der Waals surface area contributed by atoms with Crippen molar-refractivity contribution in [3.8, 4) is 23.0 Å². The van der Waals surface area contributed by atoms with Gasteiger partial charge >= 0.3 is 0 Å². The first-order valence-corrected chi connectivity index (χ1v) is 12.1. The lowest BCUT2D eigenvalue weighted by Crippen LogP contribution is -2.44. The molecule has 0 bridgehead atoms. The van der Waals surface area contributed by atoms with Crippen molar-refractivity contribution in [2.45, 2.75) is 38.9 Å². The van der Waals surface area contributed by atoms with Crippen LogP contribution in [0, 0.1) is 0 Å². The van der Waals surface area contributed by atoms with E-state index in [1.165, 1.54) is 21.3 Å². The molecule has 2 rings (SSSR count). The van der Waals surface area contributed by atoms with Crippen LogP contribution in [0.5, 0.6) is 23.0 Å². The minimum atomic E-state index is -2.10. The fraction of sp³-hybridized carbons (Fsp3) is 0.409. The van der Waals surface area contributed by atoms with E-state index in [0.29, 0.717) is 34.1 Å². The highest BCUT2D eigenvalue weighted by molar-refractivity contribution is 6.74. The molecule has 0 saturated heterocycles. The van der Waals surface area contributed by atoms with Crippen LogP contribution in [0.2, 0.25) is 18.1 Å². The molecule has 0 aliphatic carbocycles. The first kappa shape index (κ1) is 21.8. The van der Waals surface area contributed by atoms with Gasteiger partial charge in [0.25, 0.3) is 8.32 Å². The van der Waals surface area contributed by atoms with Crippen molar-refractivity contribution in [1.29, 1.82) is 0 Å². The van der Waals surface area contributed by atoms with Crippen molar-refractivity contribution in [2.75, 3.05) is 21.3 Å². The molecule has 0 N–H and O–H groups in total. The summed E-state index contributed by atoms with van der Waals surface area (Å²) in [4.78, 5) is 13.3. The van der Waals surface area contributed by atoms with E-state index in [4.69, 9.17) is 18.6 Å². The molecule has 0 amide bonds. The molecular formula is C22H30O5Si. The normalized spacial score (nSPS) is 11.7. The maximum atomic E-state index is 13.3. The lowest BCUT2D eigenvalue weighted by atomic mass is 10.0. The molecular weight excluding hydrogens is 372 g/mol. The predicted octanol–water partition coefficient (Wildman–Crippen LogP) is 5.33. The van der Waals surface area contributed by atoms with Crippen LogP contribution in [0.3, 0.4) is 0 Å². The molecule has 0 radical (unpaired) electrons. The van der Waals surface area contributed by atoms with Gasteiger partial charge in [-0.25, -0.2) is 0 Å². The second-order valence-electron chi connectivity index (χ2n) is 8.10. The van der Waals surface area contributed by atoms with Gasteiger partial charge in [-0.1, -0.05) is 32.9 Å². The first-order valence-electron chi connectivity index (χ1n) is 9.18. The number of benzene rings is 2. The van der Waals surface area contributed by atoms with E-state index in [1.807, 2.05) is 18.2 Å². The quantitative estimate of drug-likeness (QED) is 0.463. The number of hydrogen-bond acceptors (Lipinski definition) is 5. The van der Waals surface area contributed by atoms with Crippen molar-refractivity contribution in [2.24, 2.45) is 0 Å². The van der Waals surface area contributed by atoms with Crippen LogP contribution in [-0.2, 0) is 0 Å². The molecule has 2 aromatic rings. The monoisotopic (exact) mass is 402 g/mol. The lowest BCUT2D eigenvalue weighted by molar-refractivity contribution is 0.103. The van der Waals surface area contributed by atoms with Crippen molar-refractivity contribution in [3.63, 3.8) is 0 Å². The highest BCUT2D eigenvalue weighted by Gasteiger charge is 2.39. The summed E-state index contributed by atoms with van der Waals surface area (Å²) in [7, 11) is 2.49. The van der Waals surface area contributed by atoms with Crippen LogP contribution < -0.4 is 18.6 Å². The third-order valence-electron chi connectivity index (χ3n) is 5.23. The summed E-state index contributed by atoms with van der Waals surface area (Å²) in [5.74, 6) is 1.77. The Balaban J connectivity index is 2.52. The van der Waals surface area contributed by atoms with E-state index in [0.717, 1.165) is 0 Å². The Hall–Kier alpha value is -2.47. The van der Waals surface area contributed by atoms with Gasteiger partial charge in [0.1, 0.15) is 5.75 Å². The second kappa shape index (κ2) is 8.27. The molecule has 6 heteroatoms. The molecule has 0 fully saturated rings. The topological polar surface area (TPSA) is 54.0 Å². The van der Waals surface area contributed by atoms with Crippen molar-refractivity contribution >= 4 is 14.1 Å². The standard InChI is InChI=1S/C22H30O5Si/c1-22(2,3)28(7,8)27-17-12-10-9-11-16(17)20(23)15-13-18(24-4)21(26-6)19(14-15)25-5/h9-14H,1-8H3. The Morgan fingerprint density at radius 3 is 1.86 bits per heavy atom. The molecule has 152 valence electrons. The van der Waals surface area contributed by atoms with Gasteiger partial charge in [0.05, 0.1) is 26.9 Å². The van der Waals surface area contributed by atoms with Crippen LogP contribution in [0.1, 0.15) is 36.7 Å². The Labute approximate surface area is 168 Å². The molecule has 0 heterocycles. The van der Waals surface area contributed by atoms with Gasteiger partial charge < -0.3 is 18.6 Å². The number of rotatable bonds is 7. The van der Waals surface area contributed by atoms with Crippen molar-refractivity contribution in [1.82, 2.24) is 0 Å². The summed E-state index contributed by atoms with van der Waals surface area (Å²) < 4.78 is 22.5. The van der Waals surface area contributed by atoms with Crippen molar-refractivity contribution < 1.29 is 23.4 Å². The Morgan fingerprint density at radius 1 is 0.857 bits per heavy atom. The zero-order valence-electron chi connectivity index (χ0n) is 18.0. The van der Waals surface area contributed by atoms with E-state index in [9.17, 15) is 4.79 Å². The van der Waals surface area contributed by atoms with Crippen LogP contribution in [0.4, 0.5) is 0 Å². The van der Waals surface area contributed by atoms with Crippen LogP contribution in [0.15, 0.2) is 36.4 Å². The van der Waals surface area contributed by atoms with Gasteiger partial charge in [-0.2, -0.15) is 0 Å². The Kier molecular flexibility index (Phi) is 6.44. The zero-order chi connectivity index (χ0) is 21.1. The Morgan fingerprint density at radius 2 is 1.39 bits per heavy atom. The predicted molar refractivity (Wildman–Crippen MR) is 114 cm³/mol. The molecule has 0 atom stereocenters. The van der Waals surface area contributed by atoms with Gasteiger partial charge in [-0.05, 0) is 42.4 Å². The maximum absolute atomic E-state index is 13.3. The molecule has 0 aliphatic heterocycles. The number of methoxy groups -OCH3 is 3. The highest BCUT2D eigenvalue weighted by Crippen LogP contribution is 2.41. The van der Waals surface area contributed by atoms with E-state index >= 15 is 0 Å². The van der Waals surface area contributed by atoms with Gasteiger partial charge in [-0.3, -0.25) is 4.79 Å². The second-order valence-corrected chi connectivity index (χ2v) is 12.8. The van der Waals surface area contributed by atoms with Gasteiger partial charge in [-0.15, -0.1) is 0 Å². The SMILES string of the molecule is COc1cc(C(=O)c2ccccc2O[Si](C)(C)C(C)(C)C)cc(OC)c1OC. The van der Waals surface area contributed by atoms with E-state index < -0.39 is 8.32 Å². The molecule has 2 aromatic carbocycles. The molecule has 0 aliphatic rings. The number of ketones is 1. The van der Waals surface area contributed by atoms with Crippen LogP contribution in [-0.4, -0.2) is 35.4 Å². The van der Waals surface area contributed by atoms with Gasteiger partial charge in [0.15, 0.2) is 17.3 Å². The van der Waals surface area contributed by atoms with Crippen LogP contribution >= 0.6 is 0 Å². The molecule has 0 saturated carbocycles. The largest absolute Gasteiger partial charge is 0.543 e. The molecule has 5 nitrogen and oxygen atoms in total. The molecule has 28 heavy (non-hydrogen) atoms. The summed E-state index contributed by atoms with van der Waals surface area (Å²) in [6.45, 7) is 10.8. The molecule has 0 aromatic heterocycles. The minimum Gasteiger partial charge on any atom is -0.543 e. The van der Waals surface area contributed by atoms with Crippen LogP contribution in [0.25, 0.3) is 0 Å². The summed E-state index contributed by atoms with van der Waals surface area (Å²) in [6, 6.07) is 10.7. The Bertz CT molecular complexity index is 827. The smallest absolute Gasteiger partial charge is 0.250 e. The molecule has 0 unspecified atom stereocenters. The summed E-state index contributed by atoms with van der Waals surface area (Å²) in [5.41, 5.74) is 0.961. The first-order chi connectivity index (χ1) is 13.1. The maximum Gasteiger partial charge on any atom is 0.250 e. The number of carbonyl (C=O) groups excluding carboxylic acids is 1. The molecule has 0 spiro atoms. The lowest BCUT2D eigenvalue weighted by Gasteiger charge is -2.37. The number of para-hydroxylation sites is 1. The van der Waals surface area contributed by atoms with Crippen molar-refractivity contribution in [3.05, 3.63) is 47.5 Å². The summed E-state index contributed by atoms with van der Waals surface area (Å²) in [5, 5.41) is 0.0235. The fourth-order valence-electron chi connectivity index (χ4n) is 2.54. The number of ether oxygens (including phenoxy) is 3. The zero-order valence-corrected chi connectivity index (χ0v) is 19.0. The third-order valence-corrected chi connectivity index (χ3v) is 9.57. The minimum absolute atomic E-state index is 0.0235. The third kappa shape index (κ3) is 4.33. The average Bonchev–Trinajstić information content (AvgIpc) is 2.65. The number of carbonyl (C=O) groups is 1. The number of hydrogen-bond donors (Lipinski definition) is 0. The van der Waals surface area contributed by atoms with Gasteiger partial charge in [0.2, 0.25) is 5.75 Å². The fourth-order valence-corrected chi connectivity index (χ4v) is 3.57. The summed E-state index contributed by atoms with van der Waals surface area (Å²) in [6.07, 6.45) is 0. The van der Waals surface area contributed by atoms with E-state index in [2.05, 4.69) is 33.9 Å².